The minimum atomic E-state index is -0.545. The summed E-state index contributed by atoms with van der Waals surface area (Å²) in [6, 6.07) is 5.10. The molecule has 2 atom stereocenters. The number of halogens is 1. The van der Waals surface area contributed by atoms with Crippen LogP contribution in [0.25, 0.3) is 0 Å². The van der Waals surface area contributed by atoms with Gasteiger partial charge in [0.1, 0.15) is 5.82 Å². The summed E-state index contributed by atoms with van der Waals surface area (Å²) in [4.78, 5) is 11.8. The van der Waals surface area contributed by atoms with Crippen molar-refractivity contribution in [2.24, 2.45) is 11.7 Å². The second-order valence-electron chi connectivity index (χ2n) is 3.79. The quantitative estimate of drug-likeness (QED) is 0.774. The summed E-state index contributed by atoms with van der Waals surface area (Å²) < 4.78 is 12.9. The molecule has 0 spiro atoms. The Hall–Kier alpha value is -1.22. The van der Waals surface area contributed by atoms with E-state index in [4.69, 9.17) is 5.73 Å². The molecule has 3 heteroatoms. The van der Waals surface area contributed by atoms with Gasteiger partial charge in [-0.2, -0.15) is 0 Å². The summed E-state index contributed by atoms with van der Waals surface area (Å²) in [5.74, 6) is -0.484. The molecular formula is C12H16FNO. The number of ketones is 1. The minimum Gasteiger partial charge on any atom is -0.321 e. The molecule has 0 aliphatic carbocycles. The highest BCUT2D eigenvalue weighted by molar-refractivity contribution is 6.00. The summed E-state index contributed by atoms with van der Waals surface area (Å²) in [6.45, 7) is 3.89. The number of Topliss-reactive ketones (excluding diaryl/α,β-unsaturated/α-hetero) is 1. The smallest absolute Gasteiger partial charge is 0.179 e. The second-order valence-corrected chi connectivity index (χ2v) is 3.79. The summed E-state index contributed by atoms with van der Waals surface area (Å²) in [7, 11) is 0. The maximum absolute atomic E-state index is 12.9. The lowest BCUT2D eigenvalue weighted by atomic mass is 9.93. The van der Waals surface area contributed by atoms with Gasteiger partial charge in [0.25, 0.3) is 0 Å². The number of hydrogen-bond donors (Lipinski definition) is 1. The van der Waals surface area contributed by atoms with Gasteiger partial charge in [0.2, 0.25) is 0 Å². The lowest BCUT2D eigenvalue weighted by molar-refractivity contribution is 0.0934. The molecule has 0 aliphatic rings. The van der Waals surface area contributed by atoms with Crippen molar-refractivity contribution >= 4 is 5.78 Å². The molecule has 1 aromatic rings. The van der Waals surface area contributed by atoms with Crippen LogP contribution in [0.4, 0.5) is 4.39 Å². The van der Waals surface area contributed by atoms with Gasteiger partial charge in [-0.25, -0.2) is 4.39 Å². The van der Waals surface area contributed by atoms with Crippen LogP contribution in [0.15, 0.2) is 24.3 Å². The van der Waals surface area contributed by atoms with Crippen molar-refractivity contribution < 1.29 is 9.18 Å². The van der Waals surface area contributed by atoms with E-state index in [0.717, 1.165) is 6.42 Å². The fourth-order valence-corrected chi connectivity index (χ4v) is 1.35. The molecule has 1 aromatic carbocycles. The maximum Gasteiger partial charge on any atom is 0.179 e. The molecule has 0 fully saturated rings. The Balaban J connectivity index is 2.85. The third-order valence-corrected chi connectivity index (χ3v) is 2.67. The molecule has 1 rings (SSSR count). The van der Waals surface area contributed by atoms with Gasteiger partial charge in [-0.05, 0) is 18.1 Å². The van der Waals surface area contributed by atoms with Crippen molar-refractivity contribution in [3.63, 3.8) is 0 Å². The molecule has 0 bridgehead atoms. The van der Waals surface area contributed by atoms with Gasteiger partial charge in [0.15, 0.2) is 5.78 Å². The van der Waals surface area contributed by atoms with Crippen LogP contribution in [0.2, 0.25) is 0 Å². The van der Waals surface area contributed by atoms with Gasteiger partial charge in [-0.3, -0.25) is 4.79 Å². The molecule has 2 unspecified atom stereocenters. The van der Waals surface area contributed by atoms with Crippen LogP contribution in [-0.4, -0.2) is 11.8 Å². The predicted molar refractivity (Wildman–Crippen MR) is 58.2 cm³/mol. The Morgan fingerprint density at radius 3 is 2.73 bits per heavy atom. The van der Waals surface area contributed by atoms with Crippen molar-refractivity contribution in [1.29, 1.82) is 0 Å². The predicted octanol–water partition coefficient (Wildman–Crippen LogP) is 2.38. The van der Waals surface area contributed by atoms with E-state index >= 15 is 0 Å². The molecule has 0 saturated heterocycles. The van der Waals surface area contributed by atoms with Crippen molar-refractivity contribution in [3.05, 3.63) is 35.6 Å². The van der Waals surface area contributed by atoms with Crippen LogP contribution in [0, 0.1) is 11.7 Å². The first-order valence-electron chi connectivity index (χ1n) is 5.11. The van der Waals surface area contributed by atoms with Crippen LogP contribution >= 0.6 is 0 Å². The average Bonchev–Trinajstić information content (AvgIpc) is 2.26. The van der Waals surface area contributed by atoms with Gasteiger partial charge in [0, 0.05) is 5.56 Å². The number of carbonyl (C=O) groups is 1. The van der Waals surface area contributed by atoms with Crippen molar-refractivity contribution in [2.75, 3.05) is 0 Å². The summed E-state index contributed by atoms with van der Waals surface area (Å²) in [5, 5.41) is 0. The van der Waals surface area contributed by atoms with Gasteiger partial charge >= 0.3 is 0 Å². The Labute approximate surface area is 89.3 Å². The Bertz CT molecular complexity index is 351. The molecule has 82 valence electrons. The molecule has 0 amide bonds. The Morgan fingerprint density at radius 1 is 1.53 bits per heavy atom. The van der Waals surface area contributed by atoms with E-state index in [1.54, 1.807) is 6.07 Å². The first-order valence-corrected chi connectivity index (χ1v) is 5.11. The van der Waals surface area contributed by atoms with Gasteiger partial charge in [0.05, 0.1) is 6.04 Å². The summed E-state index contributed by atoms with van der Waals surface area (Å²) in [6.07, 6.45) is 0.836. The van der Waals surface area contributed by atoms with Gasteiger partial charge < -0.3 is 5.73 Å². The molecule has 15 heavy (non-hydrogen) atoms. The largest absolute Gasteiger partial charge is 0.321 e. The number of hydrogen-bond acceptors (Lipinski definition) is 2. The van der Waals surface area contributed by atoms with Crippen LogP contribution in [-0.2, 0) is 0 Å². The van der Waals surface area contributed by atoms with E-state index in [9.17, 15) is 9.18 Å². The topological polar surface area (TPSA) is 43.1 Å². The van der Waals surface area contributed by atoms with E-state index in [-0.39, 0.29) is 11.7 Å². The highest BCUT2D eigenvalue weighted by Gasteiger charge is 2.20. The number of nitrogens with two attached hydrogens (primary N) is 1. The zero-order valence-corrected chi connectivity index (χ0v) is 9.03. The highest BCUT2D eigenvalue weighted by Crippen LogP contribution is 2.12. The summed E-state index contributed by atoms with van der Waals surface area (Å²) in [5.41, 5.74) is 6.13. The van der Waals surface area contributed by atoms with E-state index < -0.39 is 11.9 Å². The van der Waals surface area contributed by atoms with E-state index in [1.807, 2.05) is 13.8 Å². The first-order chi connectivity index (χ1) is 7.06. The van der Waals surface area contributed by atoms with Gasteiger partial charge in [-0.15, -0.1) is 0 Å². The van der Waals surface area contributed by atoms with Crippen LogP contribution in [0.5, 0.6) is 0 Å². The monoisotopic (exact) mass is 209 g/mol. The van der Waals surface area contributed by atoms with E-state index in [0.29, 0.717) is 5.56 Å². The SMILES string of the molecule is CCC(C)C(N)C(=O)c1cccc(F)c1. The lowest BCUT2D eigenvalue weighted by Crippen LogP contribution is -2.36. The van der Waals surface area contributed by atoms with Gasteiger partial charge in [-0.1, -0.05) is 32.4 Å². The van der Waals surface area contributed by atoms with E-state index in [1.165, 1.54) is 18.2 Å². The highest BCUT2D eigenvalue weighted by atomic mass is 19.1. The van der Waals surface area contributed by atoms with E-state index in [2.05, 4.69) is 0 Å². The maximum atomic E-state index is 12.9. The zero-order chi connectivity index (χ0) is 11.4. The molecular weight excluding hydrogens is 193 g/mol. The molecule has 2 nitrogen and oxygen atoms in total. The second kappa shape index (κ2) is 5.03. The summed E-state index contributed by atoms with van der Waals surface area (Å²) >= 11 is 0. The zero-order valence-electron chi connectivity index (χ0n) is 9.03. The van der Waals surface area contributed by atoms with Crippen LogP contribution in [0.1, 0.15) is 30.6 Å². The standard InChI is InChI=1S/C12H16FNO/c1-3-8(2)11(14)12(15)9-5-4-6-10(13)7-9/h4-8,11H,3,14H2,1-2H3. The van der Waals surface area contributed by atoms with Crippen LogP contribution < -0.4 is 5.73 Å². The third-order valence-electron chi connectivity index (χ3n) is 2.67. The Kier molecular flexibility index (Phi) is 3.97. The van der Waals surface area contributed by atoms with Crippen molar-refractivity contribution in [2.45, 2.75) is 26.3 Å². The number of carbonyl (C=O) groups excluding carboxylic acids is 1. The molecule has 0 radical (unpaired) electrons. The van der Waals surface area contributed by atoms with Crippen molar-refractivity contribution in [3.8, 4) is 0 Å². The van der Waals surface area contributed by atoms with Crippen molar-refractivity contribution in [1.82, 2.24) is 0 Å². The molecule has 0 aliphatic heterocycles. The fraction of sp³-hybridized carbons (Fsp3) is 0.417. The molecule has 2 N–H and O–H groups in total. The fourth-order valence-electron chi connectivity index (χ4n) is 1.35. The van der Waals surface area contributed by atoms with Crippen LogP contribution in [0.3, 0.4) is 0 Å². The molecule has 0 heterocycles. The molecule has 0 saturated carbocycles. The normalized spacial score (nSPS) is 14.7. The Morgan fingerprint density at radius 2 is 2.20 bits per heavy atom. The average molecular weight is 209 g/mol. The number of benzene rings is 1. The molecule has 0 aromatic heterocycles. The lowest BCUT2D eigenvalue weighted by Gasteiger charge is -2.16. The number of rotatable bonds is 4. The minimum absolute atomic E-state index is 0.112. The first kappa shape index (κ1) is 11.9. The third kappa shape index (κ3) is 2.86.